The van der Waals surface area contributed by atoms with Crippen LogP contribution in [0.25, 0.3) is 0 Å². The molecule has 1 heterocycles. The van der Waals surface area contributed by atoms with Gasteiger partial charge in [0.1, 0.15) is 0 Å². The van der Waals surface area contributed by atoms with Crippen molar-refractivity contribution in [2.75, 3.05) is 0 Å². The first-order chi connectivity index (χ1) is 11.4. The molecule has 2 aromatic rings. The number of nitrogens with one attached hydrogen (secondary N) is 1. The van der Waals surface area contributed by atoms with Crippen LogP contribution in [0, 0.1) is 12.8 Å². The Bertz CT molecular complexity index is 753. The van der Waals surface area contributed by atoms with E-state index < -0.39 is 0 Å². The number of aryl methyl sites for hydroxylation is 1. The van der Waals surface area contributed by atoms with Crippen molar-refractivity contribution in [3.05, 3.63) is 57.3 Å². The van der Waals surface area contributed by atoms with Gasteiger partial charge in [-0.25, -0.2) is 5.43 Å². The van der Waals surface area contributed by atoms with Gasteiger partial charge in [-0.2, -0.15) is 5.10 Å². The van der Waals surface area contributed by atoms with Crippen LogP contribution in [0.4, 0.5) is 0 Å². The number of amides is 1. The predicted octanol–water partition coefficient (Wildman–Crippen LogP) is 4.61. The monoisotopic (exact) mass is 340 g/mol. The fourth-order valence-electron chi connectivity index (χ4n) is 2.84. The molecule has 1 N–H and O–H groups in total. The summed E-state index contributed by atoms with van der Waals surface area (Å²) in [4.78, 5) is 13.3. The molecule has 2 atom stereocenters. The van der Waals surface area contributed by atoms with Crippen molar-refractivity contribution in [2.45, 2.75) is 45.4 Å². The lowest BCUT2D eigenvalue weighted by atomic mass is 9.86. The normalized spacial score (nSPS) is 20.3. The van der Waals surface area contributed by atoms with Crippen molar-refractivity contribution in [3.63, 3.8) is 0 Å². The van der Waals surface area contributed by atoms with Crippen LogP contribution in [0.2, 0.25) is 0 Å². The van der Waals surface area contributed by atoms with E-state index in [2.05, 4.69) is 55.6 Å². The topological polar surface area (TPSA) is 41.5 Å². The van der Waals surface area contributed by atoms with Crippen molar-refractivity contribution < 1.29 is 4.79 Å². The minimum atomic E-state index is 0.0188. The highest BCUT2D eigenvalue weighted by Gasteiger charge is 2.43. The maximum absolute atomic E-state index is 12.2. The van der Waals surface area contributed by atoms with Gasteiger partial charge in [-0.1, -0.05) is 45.0 Å². The van der Waals surface area contributed by atoms with Crippen LogP contribution in [0.15, 0.2) is 40.8 Å². The van der Waals surface area contributed by atoms with Crippen molar-refractivity contribution in [3.8, 4) is 0 Å². The third kappa shape index (κ3) is 3.75. The van der Waals surface area contributed by atoms with Gasteiger partial charge in [-0.15, -0.1) is 11.3 Å². The average molecular weight is 340 g/mol. The van der Waals surface area contributed by atoms with Crippen LogP contribution in [-0.4, -0.2) is 12.1 Å². The molecule has 1 aliphatic rings. The van der Waals surface area contributed by atoms with Crippen LogP contribution in [0.5, 0.6) is 0 Å². The highest BCUT2D eigenvalue weighted by molar-refractivity contribution is 7.11. The van der Waals surface area contributed by atoms with Gasteiger partial charge < -0.3 is 0 Å². The number of rotatable bonds is 4. The van der Waals surface area contributed by atoms with E-state index in [-0.39, 0.29) is 17.2 Å². The molecule has 1 saturated carbocycles. The second-order valence-electron chi connectivity index (χ2n) is 7.52. The van der Waals surface area contributed by atoms with E-state index in [0.717, 1.165) is 11.3 Å². The van der Waals surface area contributed by atoms with E-state index in [1.54, 1.807) is 17.6 Å². The third-order valence-corrected chi connectivity index (χ3v) is 5.54. The second kappa shape index (κ2) is 6.52. The Morgan fingerprint density at radius 2 is 1.96 bits per heavy atom. The summed E-state index contributed by atoms with van der Waals surface area (Å²) in [6.45, 7) is 8.67. The maximum Gasteiger partial charge on any atom is 0.243 e. The van der Waals surface area contributed by atoms with Gasteiger partial charge in [0.25, 0.3) is 0 Å². The fraction of sp³-hybridized carbons (Fsp3) is 0.400. The highest BCUT2D eigenvalue weighted by atomic mass is 32.1. The standard InChI is InChI=1S/C20H24N2OS/c1-13-9-10-24-18(13)12-21-22-19(23)17-11-16(17)14-5-7-15(8-6-14)20(2,3)4/h5-10,12,16-17H,11H2,1-4H3,(H,22,23)/b21-12+/t16-,17+/m1/s1. The molecule has 3 rings (SSSR count). The number of carbonyl (C=O) groups is 1. The number of carbonyl (C=O) groups excluding carboxylic acids is 1. The quantitative estimate of drug-likeness (QED) is 0.641. The summed E-state index contributed by atoms with van der Waals surface area (Å²) >= 11 is 1.63. The van der Waals surface area contributed by atoms with Gasteiger partial charge in [-0.3, -0.25) is 4.79 Å². The Kier molecular flexibility index (Phi) is 4.59. The average Bonchev–Trinajstić information content (AvgIpc) is 3.24. The minimum Gasteiger partial charge on any atom is -0.273 e. The molecule has 126 valence electrons. The molecule has 1 aromatic heterocycles. The molecule has 1 aliphatic carbocycles. The van der Waals surface area contributed by atoms with E-state index in [4.69, 9.17) is 0 Å². The molecule has 0 aliphatic heterocycles. The Morgan fingerprint density at radius 3 is 2.54 bits per heavy atom. The molecule has 0 unspecified atom stereocenters. The van der Waals surface area contributed by atoms with Crippen LogP contribution in [-0.2, 0) is 10.2 Å². The zero-order chi connectivity index (χ0) is 17.3. The fourth-order valence-corrected chi connectivity index (χ4v) is 3.62. The molecule has 0 saturated heterocycles. The molecular weight excluding hydrogens is 316 g/mol. The number of hydrogen-bond donors (Lipinski definition) is 1. The Morgan fingerprint density at radius 1 is 1.25 bits per heavy atom. The third-order valence-electron chi connectivity index (χ3n) is 4.59. The SMILES string of the molecule is Cc1ccsc1/C=N/NC(=O)[C@H]1C[C@@H]1c1ccc(C(C)(C)C)cc1. The minimum absolute atomic E-state index is 0.0188. The van der Waals surface area contributed by atoms with Gasteiger partial charge in [-0.05, 0) is 52.8 Å². The largest absolute Gasteiger partial charge is 0.273 e. The van der Waals surface area contributed by atoms with Gasteiger partial charge in [0.2, 0.25) is 5.91 Å². The lowest BCUT2D eigenvalue weighted by Crippen LogP contribution is -2.20. The molecule has 0 bridgehead atoms. The molecule has 4 heteroatoms. The van der Waals surface area contributed by atoms with Gasteiger partial charge in [0, 0.05) is 10.8 Å². The molecule has 1 fully saturated rings. The van der Waals surface area contributed by atoms with Gasteiger partial charge >= 0.3 is 0 Å². The molecule has 1 amide bonds. The number of nitrogens with zero attached hydrogens (tertiary/aromatic N) is 1. The summed E-state index contributed by atoms with van der Waals surface area (Å²) in [5.74, 6) is 0.398. The molecule has 0 spiro atoms. The molecular formula is C20H24N2OS. The van der Waals surface area contributed by atoms with Crippen molar-refractivity contribution in [1.82, 2.24) is 5.43 Å². The first-order valence-electron chi connectivity index (χ1n) is 8.33. The molecule has 0 radical (unpaired) electrons. The zero-order valence-corrected chi connectivity index (χ0v) is 15.5. The van der Waals surface area contributed by atoms with E-state index >= 15 is 0 Å². The molecule has 1 aromatic carbocycles. The summed E-state index contributed by atoms with van der Waals surface area (Å²) in [7, 11) is 0. The number of thiophene rings is 1. The number of benzene rings is 1. The van der Waals surface area contributed by atoms with E-state index in [9.17, 15) is 4.79 Å². The first-order valence-corrected chi connectivity index (χ1v) is 9.21. The molecule has 3 nitrogen and oxygen atoms in total. The Labute approximate surface area is 147 Å². The Balaban J connectivity index is 1.56. The van der Waals surface area contributed by atoms with E-state index in [1.165, 1.54) is 16.7 Å². The number of hydrogen-bond acceptors (Lipinski definition) is 3. The summed E-state index contributed by atoms with van der Waals surface area (Å²) in [5.41, 5.74) is 6.60. The lowest BCUT2D eigenvalue weighted by Gasteiger charge is -2.19. The smallest absolute Gasteiger partial charge is 0.243 e. The van der Waals surface area contributed by atoms with Gasteiger partial charge in [0.15, 0.2) is 0 Å². The van der Waals surface area contributed by atoms with Crippen LogP contribution in [0.1, 0.15) is 54.7 Å². The van der Waals surface area contributed by atoms with Crippen LogP contribution >= 0.6 is 11.3 Å². The predicted molar refractivity (Wildman–Crippen MR) is 101 cm³/mol. The highest BCUT2D eigenvalue weighted by Crippen LogP contribution is 2.47. The van der Waals surface area contributed by atoms with E-state index in [1.807, 2.05) is 18.4 Å². The van der Waals surface area contributed by atoms with Crippen molar-refractivity contribution >= 4 is 23.5 Å². The first kappa shape index (κ1) is 16.9. The summed E-state index contributed by atoms with van der Waals surface area (Å²) in [6.07, 6.45) is 2.64. The van der Waals surface area contributed by atoms with E-state index in [0.29, 0.717) is 5.92 Å². The van der Waals surface area contributed by atoms with Crippen molar-refractivity contribution in [1.29, 1.82) is 0 Å². The Hall–Kier alpha value is -1.94. The zero-order valence-electron chi connectivity index (χ0n) is 14.7. The summed E-state index contributed by atoms with van der Waals surface area (Å²) in [5, 5.41) is 6.12. The second-order valence-corrected chi connectivity index (χ2v) is 8.47. The molecule has 24 heavy (non-hydrogen) atoms. The summed E-state index contributed by atoms with van der Waals surface area (Å²) < 4.78 is 0. The van der Waals surface area contributed by atoms with Gasteiger partial charge in [0.05, 0.1) is 6.21 Å². The maximum atomic E-state index is 12.2. The number of hydrazone groups is 1. The van der Waals surface area contributed by atoms with Crippen LogP contribution < -0.4 is 5.43 Å². The lowest BCUT2D eigenvalue weighted by molar-refractivity contribution is -0.122. The van der Waals surface area contributed by atoms with Crippen molar-refractivity contribution in [2.24, 2.45) is 11.0 Å². The van der Waals surface area contributed by atoms with Crippen LogP contribution in [0.3, 0.4) is 0 Å². The summed E-state index contributed by atoms with van der Waals surface area (Å²) in [6, 6.07) is 10.7.